The Morgan fingerprint density at radius 3 is 2.17 bits per heavy atom. The number of hydrogen-bond donors (Lipinski definition) is 1. The van der Waals surface area contributed by atoms with Crippen molar-refractivity contribution in [3.05, 3.63) is 64.3 Å². The molecular weight excluding hydrogens is 470 g/mol. The number of carbonyl (C=O) groups excluding carboxylic acids is 1. The molecule has 0 aliphatic rings. The van der Waals surface area contributed by atoms with E-state index < -0.39 is 31.3 Å². The second-order valence-electron chi connectivity index (χ2n) is 6.09. The first kappa shape index (κ1) is 22.3. The van der Waals surface area contributed by atoms with Gasteiger partial charge in [-0.1, -0.05) is 11.6 Å². The maximum absolute atomic E-state index is 12.9. The minimum atomic E-state index is -3.92. The van der Waals surface area contributed by atoms with Crippen LogP contribution < -0.4 is 10.1 Å². The Balaban J connectivity index is 1.80. The lowest BCUT2D eigenvalue weighted by atomic mass is 10.3. The van der Waals surface area contributed by atoms with Gasteiger partial charge in [0, 0.05) is 15.8 Å². The summed E-state index contributed by atoms with van der Waals surface area (Å²) < 4.78 is 55.7. The van der Waals surface area contributed by atoms with Crippen LogP contribution >= 0.6 is 22.9 Å². The van der Waals surface area contributed by atoms with Crippen molar-refractivity contribution < 1.29 is 26.4 Å². The fourth-order valence-electron chi connectivity index (χ4n) is 2.55. The first-order chi connectivity index (χ1) is 14.1. The van der Waals surface area contributed by atoms with E-state index >= 15 is 0 Å². The van der Waals surface area contributed by atoms with Gasteiger partial charge in [-0.25, -0.2) is 16.8 Å². The van der Waals surface area contributed by atoms with E-state index in [4.69, 9.17) is 16.3 Å². The van der Waals surface area contributed by atoms with Gasteiger partial charge in [0.15, 0.2) is 9.84 Å². The molecule has 0 fully saturated rings. The molecule has 0 aliphatic carbocycles. The highest BCUT2D eigenvalue weighted by Crippen LogP contribution is 2.31. The summed E-state index contributed by atoms with van der Waals surface area (Å²) in [5.41, 5.74) is 0.0184. The van der Waals surface area contributed by atoms with Gasteiger partial charge in [-0.3, -0.25) is 4.79 Å². The minimum absolute atomic E-state index is 0.00616. The van der Waals surface area contributed by atoms with Crippen LogP contribution in [0.4, 0.5) is 5.69 Å². The van der Waals surface area contributed by atoms with Crippen LogP contribution in [0, 0.1) is 0 Å². The van der Waals surface area contributed by atoms with Gasteiger partial charge in [-0.05, 0) is 48.5 Å². The van der Waals surface area contributed by atoms with Crippen LogP contribution in [0.25, 0.3) is 0 Å². The molecule has 7 nitrogen and oxygen atoms in total. The Morgan fingerprint density at radius 1 is 0.967 bits per heavy atom. The Morgan fingerprint density at radius 2 is 1.57 bits per heavy atom. The molecule has 30 heavy (non-hydrogen) atoms. The topological polar surface area (TPSA) is 107 Å². The van der Waals surface area contributed by atoms with E-state index in [0.717, 1.165) is 11.3 Å². The van der Waals surface area contributed by atoms with Crippen molar-refractivity contribution in [2.75, 3.05) is 18.2 Å². The number of thiophene rings is 1. The number of amides is 1. The van der Waals surface area contributed by atoms with Crippen LogP contribution in [-0.4, -0.2) is 35.6 Å². The van der Waals surface area contributed by atoms with Crippen molar-refractivity contribution in [3.63, 3.8) is 0 Å². The number of halogens is 1. The van der Waals surface area contributed by atoms with Crippen molar-refractivity contribution >= 4 is 54.2 Å². The lowest BCUT2D eigenvalue weighted by Gasteiger charge is -2.09. The Hall–Kier alpha value is -2.40. The summed E-state index contributed by atoms with van der Waals surface area (Å²) >= 11 is 6.87. The van der Waals surface area contributed by atoms with E-state index in [9.17, 15) is 21.6 Å². The SMILES string of the molecule is COc1ccc(S(=O)(=O)CC(=O)Nc2cscc2S(=O)(=O)c2ccc(Cl)cc2)cc1. The lowest BCUT2D eigenvalue weighted by Crippen LogP contribution is -2.23. The zero-order chi connectivity index (χ0) is 21.9. The molecule has 1 heterocycles. The van der Waals surface area contributed by atoms with Gasteiger partial charge in [0.2, 0.25) is 15.7 Å². The molecule has 11 heteroatoms. The Labute approximate surface area is 183 Å². The van der Waals surface area contributed by atoms with Crippen molar-refractivity contribution in [1.82, 2.24) is 0 Å². The third kappa shape index (κ3) is 4.84. The number of methoxy groups -OCH3 is 1. The zero-order valence-electron chi connectivity index (χ0n) is 15.5. The molecule has 2 aromatic carbocycles. The highest BCUT2D eigenvalue weighted by molar-refractivity contribution is 7.92. The van der Waals surface area contributed by atoms with Crippen molar-refractivity contribution in [2.45, 2.75) is 14.7 Å². The molecule has 0 atom stereocenters. The molecule has 0 aliphatic heterocycles. The average Bonchev–Trinajstić information content (AvgIpc) is 3.16. The summed E-state index contributed by atoms with van der Waals surface area (Å²) in [6, 6.07) is 11.2. The molecule has 1 amide bonds. The van der Waals surface area contributed by atoms with E-state index in [2.05, 4.69) is 5.32 Å². The van der Waals surface area contributed by atoms with Gasteiger partial charge in [-0.15, -0.1) is 11.3 Å². The summed E-state index contributed by atoms with van der Waals surface area (Å²) in [4.78, 5) is 12.2. The van der Waals surface area contributed by atoms with Crippen LogP contribution in [0.1, 0.15) is 0 Å². The third-order valence-electron chi connectivity index (χ3n) is 4.05. The van der Waals surface area contributed by atoms with Crippen molar-refractivity contribution in [1.29, 1.82) is 0 Å². The van der Waals surface area contributed by atoms with Crippen LogP contribution in [0.15, 0.2) is 74.0 Å². The fraction of sp³-hybridized carbons (Fsp3) is 0.105. The van der Waals surface area contributed by atoms with E-state index in [1.165, 1.54) is 66.4 Å². The quantitative estimate of drug-likeness (QED) is 0.547. The summed E-state index contributed by atoms with van der Waals surface area (Å²) in [7, 11) is -6.39. The molecule has 158 valence electrons. The maximum Gasteiger partial charge on any atom is 0.240 e. The highest BCUT2D eigenvalue weighted by atomic mass is 35.5. The van der Waals surface area contributed by atoms with Crippen LogP contribution in [-0.2, 0) is 24.5 Å². The lowest BCUT2D eigenvalue weighted by molar-refractivity contribution is -0.113. The molecule has 0 saturated heterocycles. The summed E-state index contributed by atoms with van der Waals surface area (Å²) in [6.07, 6.45) is 0. The molecule has 3 rings (SSSR count). The zero-order valence-corrected chi connectivity index (χ0v) is 18.7. The van der Waals surface area contributed by atoms with E-state index in [1.54, 1.807) is 0 Å². The molecule has 0 bridgehead atoms. The predicted molar refractivity (Wildman–Crippen MR) is 115 cm³/mol. The van der Waals surface area contributed by atoms with Gasteiger partial charge < -0.3 is 10.1 Å². The van der Waals surface area contributed by atoms with E-state index in [-0.39, 0.29) is 20.4 Å². The number of hydrogen-bond acceptors (Lipinski definition) is 7. The fourth-order valence-corrected chi connectivity index (χ4v) is 6.35. The first-order valence-corrected chi connectivity index (χ1v) is 12.8. The number of benzene rings is 2. The maximum atomic E-state index is 12.9. The van der Waals surface area contributed by atoms with Crippen LogP contribution in [0.5, 0.6) is 5.75 Å². The van der Waals surface area contributed by atoms with Gasteiger partial charge in [0.05, 0.1) is 22.6 Å². The largest absolute Gasteiger partial charge is 0.497 e. The van der Waals surface area contributed by atoms with Gasteiger partial charge in [0.25, 0.3) is 0 Å². The van der Waals surface area contributed by atoms with E-state index in [1.807, 2.05) is 0 Å². The normalized spacial score (nSPS) is 11.8. The second-order valence-corrected chi connectivity index (χ2v) is 11.2. The van der Waals surface area contributed by atoms with Crippen molar-refractivity contribution in [3.8, 4) is 5.75 Å². The third-order valence-corrected chi connectivity index (χ3v) is 8.64. The number of sulfone groups is 2. The molecule has 0 unspecified atom stereocenters. The van der Waals surface area contributed by atoms with Gasteiger partial charge in [-0.2, -0.15) is 0 Å². The van der Waals surface area contributed by atoms with Crippen LogP contribution in [0.3, 0.4) is 0 Å². The van der Waals surface area contributed by atoms with Gasteiger partial charge >= 0.3 is 0 Å². The average molecular weight is 486 g/mol. The number of nitrogens with one attached hydrogen (secondary N) is 1. The molecule has 0 spiro atoms. The molecule has 3 aromatic rings. The predicted octanol–water partition coefficient (Wildman–Crippen LogP) is 3.66. The molecular formula is C19H16ClNO6S3. The van der Waals surface area contributed by atoms with Crippen molar-refractivity contribution in [2.24, 2.45) is 0 Å². The molecule has 0 saturated carbocycles. The number of ether oxygens (including phenoxy) is 1. The second kappa shape index (κ2) is 8.76. The number of rotatable bonds is 7. The number of carbonyl (C=O) groups is 1. The van der Waals surface area contributed by atoms with Gasteiger partial charge in [0.1, 0.15) is 16.4 Å². The molecule has 1 aromatic heterocycles. The minimum Gasteiger partial charge on any atom is -0.497 e. The summed E-state index contributed by atoms with van der Waals surface area (Å²) in [5, 5.41) is 5.58. The Kier molecular flexibility index (Phi) is 6.51. The summed E-state index contributed by atoms with van der Waals surface area (Å²) in [5.74, 6) is -1.21. The Bertz CT molecular complexity index is 1260. The summed E-state index contributed by atoms with van der Waals surface area (Å²) in [6.45, 7) is 0. The highest BCUT2D eigenvalue weighted by Gasteiger charge is 2.25. The molecule has 0 radical (unpaired) electrons. The molecule has 1 N–H and O–H groups in total. The van der Waals surface area contributed by atoms with Crippen LogP contribution in [0.2, 0.25) is 5.02 Å². The monoisotopic (exact) mass is 485 g/mol. The first-order valence-electron chi connectivity index (χ1n) is 8.37. The van der Waals surface area contributed by atoms with E-state index in [0.29, 0.717) is 10.8 Å². The standard InChI is InChI=1S/C19H16ClNO6S3/c1-27-14-4-8-15(9-5-14)29(23,24)12-19(22)21-17-10-28-11-18(17)30(25,26)16-6-2-13(20)3-7-16/h2-11H,12H2,1H3,(H,21,22). The number of anilines is 1. The smallest absolute Gasteiger partial charge is 0.240 e.